The monoisotopic (exact) mass is 666 g/mol. The minimum atomic E-state index is 0.778. The normalized spacial score (nSPS) is 14.8. The molecule has 2 aliphatic rings. The van der Waals surface area contributed by atoms with Crippen molar-refractivity contribution in [3.05, 3.63) is 194 Å². The van der Waals surface area contributed by atoms with Gasteiger partial charge in [0.1, 0.15) is 0 Å². The lowest BCUT2D eigenvalue weighted by Crippen LogP contribution is -2.19. The third kappa shape index (κ3) is 4.90. The highest BCUT2D eigenvalue weighted by Gasteiger charge is 2.20. The summed E-state index contributed by atoms with van der Waals surface area (Å²) in [6.45, 7) is 10.2. The fourth-order valence-electron chi connectivity index (χ4n) is 8.52. The maximum atomic E-state index is 3.56. The van der Waals surface area contributed by atoms with E-state index in [0.717, 1.165) is 26.2 Å². The van der Waals surface area contributed by atoms with Crippen molar-refractivity contribution in [3.63, 3.8) is 0 Å². The van der Waals surface area contributed by atoms with E-state index in [2.05, 4.69) is 191 Å². The summed E-state index contributed by atoms with van der Waals surface area (Å²) >= 11 is 0. The quantitative estimate of drug-likeness (QED) is 0.150. The fourth-order valence-corrected chi connectivity index (χ4v) is 8.52. The highest BCUT2D eigenvalue weighted by atomic mass is 15.3. The third-order valence-electron chi connectivity index (χ3n) is 11.0. The lowest BCUT2D eigenvalue weighted by molar-refractivity contribution is 0.333. The molecule has 0 atom stereocenters. The van der Waals surface area contributed by atoms with Crippen molar-refractivity contribution >= 4 is 64.6 Å². The molecule has 9 aromatic carbocycles. The molecule has 0 aliphatic carbocycles. The summed E-state index contributed by atoms with van der Waals surface area (Å²) < 4.78 is 0. The Morgan fingerprint density at radius 2 is 0.635 bits per heavy atom. The summed E-state index contributed by atoms with van der Waals surface area (Å²) in [6, 6.07) is 49.2. The van der Waals surface area contributed by atoms with Crippen LogP contribution in [-0.2, 0) is 26.2 Å². The van der Waals surface area contributed by atoms with E-state index in [0.29, 0.717) is 0 Å². The zero-order chi connectivity index (χ0) is 34.2. The highest BCUT2D eigenvalue weighted by molar-refractivity contribution is 6.24. The van der Waals surface area contributed by atoms with Crippen LogP contribution in [0, 0.1) is 13.3 Å². The first kappa shape index (κ1) is 29.5. The van der Waals surface area contributed by atoms with Crippen molar-refractivity contribution in [3.8, 4) is 0 Å². The molecule has 11 rings (SSSR count). The molecule has 4 heteroatoms. The van der Waals surface area contributed by atoms with Crippen LogP contribution < -0.4 is 0 Å². The molecule has 0 spiro atoms. The van der Waals surface area contributed by atoms with Gasteiger partial charge in [-0.05, 0) is 86.9 Å². The topological polar surface area (TPSA) is 13.0 Å². The molecular weight excluding hydrogens is 633 g/mol. The van der Waals surface area contributed by atoms with E-state index in [-0.39, 0.29) is 0 Å². The van der Waals surface area contributed by atoms with E-state index in [9.17, 15) is 0 Å². The molecule has 2 aliphatic heterocycles. The highest BCUT2D eigenvalue weighted by Crippen LogP contribution is 2.38. The van der Waals surface area contributed by atoms with Crippen molar-refractivity contribution in [1.82, 2.24) is 19.6 Å². The van der Waals surface area contributed by atoms with Crippen LogP contribution in [-0.4, -0.2) is 19.6 Å². The van der Waals surface area contributed by atoms with Gasteiger partial charge in [-0.1, -0.05) is 133 Å². The minimum absolute atomic E-state index is 0.778. The number of nitrogens with zero attached hydrogens (tertiary/aromatic N) is 4. The summed E-state index contributed by atoms with van der Waals surface area (Å²) in [4.78, 5) is 8.62. The number of hydrogen-bond donors (Lipinski definition) is 0. The number of hydrogen-bond acceptors (Lipinski definition) is 4. The molecule has 0 amide bonds. The SMILES string of the molecule is [C]1N(Cc2ccc(CN3[C]N(Cc4ccc5ccc6cccc7ccc4c5c67)C=C3)cc2)C=CN1Cc1ccc2ccc3cccc4ccc1c2c34. The largest absolute Gasteiger partial charge is 0.342 e. The molecule has 4 nitrogen and oxygen atoms in total. The Bertz CT molecular complexity index is 2610. The predicted octanol–water partition coefficient (Wildman–Crippen LogP) is 11.1. The molecule has 246 valence electrons. The summed E-state index contributed by atoms with van der Waals surface area (Å²) in [5.41, 5.74) is 5.14. The van der Waals surface area contributed by atoms with Gasteiger partial charge in [0.05, 0.1) is 0 Å². The van der Waals surface area contributed by atoms with E-state index in [1.165, 1.54) is 86.9 Å². The molecule has 0 fully saturated rings. The first-order chi connectivity index (χ1) is 25.7. The van der Waals surface area contributed by atoms with Crippen molar-refractivity contribution < 1.29 is 0 Å². The van der Waals surface area contributed by atoms with Crippen LogP contribution in [0.25, 0.3) is 64.6 Å². The van der Waals surface area contributed by atoms with Crippen LogP contribution in [0.1, 0.15) is 22.3 Å². The average Bonchev–Trinajstić information content (AvgIpc) is 3.83. The van der Waals surface area contributed by atoms with Gasteiger partial charge in [0.25, 0.3) is 0 Å². The van der Waals surface area contributed by atoms with E-state index in [1.54, 1.807) is 0 Å². The Morgan fingerprint density at radius 3 is 1.04 bits per heavy atom. The maximum absolute atomic E-state index is 3.56. The standard InChI is InChI=1S/C48H34N4/c1-3-35-11-13-39-15-17-41(43-21-19-37(5-1)45(35)47(39)43)29-51-25-23-49(31-51)27-33-7-9-34(10-8-33)28-50-24-26-52(32-50)30-42-18-16-40-14-12-36-4-2-6-38-20-22-44(42)48(40)46(36)38/h1-26H,27-30H2. The fraction of sp³-hybridized carbons (Fsp3) is 0.0833. The molecule has 0 N–H and O–H groups in total. The molecule has 0 saturated carbocycles. The van der Waals surface area contributed by atoms with Gasteiger partial charge in [-0.25, -0.2) is 0 Å². The summed E-state index contributed by atoms with van der Waals surface area (Å²) in [5.74, 6) is 0. The molecule has 0 bridgehead atoms. The number of rotatable bonds is 8. The lowest BCUT2D eigenvalue weighted by atomic mass is 9.92. The van der Waals surface area contributed by atoms with Gasteiger partial charge in [-0.2, -0.15) is 0 Å². The van der Waals surface area contributed by atoms with Crippen molar-refractivity contribution in [2.24, 2.45) is 0 Å². The first-order valence-electron chi connectivity index (χ1n) is 18.0. The zero-order valence-electron chi connectivity index (χ0n) is 28.6. The van der Waals surface area contributed by atoms with Crippen molar-refractivity contribution in [2.75, 3.05) is 0 Å². The minimum Gasteiger partial charge on any atom is -0.342 e. The van der Waals surface area contributed by atoms with Gasteiger partial charge in [0.15, 0.2) is 0 Å². The Labute approximate surface area is 303 Å². The molecule has 9 aromatic rings. The number of benzene rings is 9. The zero-order valence-corrected chi connectivity index (χ0v) is 28.6. The molecule has 4 radical (unpaired) electrons. The van der Waals surface area contributed by atoms with E-state index >= 15 is 0 Å². The van der Waals surface area contributed by atoms with Gasteiger partial charge in [-0.3, -0.25) is 0 Å². The van der Waals surface area contributed by atoms with Gasteiger partial charge in [0.2, 0.25) is 13.3 Å². The molecule has 0 aromatic heterocycles. The third-order valence-corrected chi connectivity index (χ3v) is 11.0. The van der Waals surface area contributed by atoms with Crippen LogP contribution in [0.3, 0.4) is 0 Å². The van der Waals surface area contributed by atoms with Crippen LogP contribution in [0.15, 0.2) is 158 Å². The van der Waals surface area contributed by atoms with Crippen molar-refractivity contribution in [1.29, 1.82) is 0 Å². The first-order valence-corrected chi connectivity index (χ1v) is 18.0. The van der Waals surface area contributed by atoms with Crippen molar-refractivity contribution in [2.45, 2.75) is 26.2 Å². The smallest absolute Gasteiger partial charge is 0.208 e. The second-order valence-corrected chi connectivity index (χ2v) is 14.3. The second kappa shape index (κ2) is 11.6. The summed E-state index contributed by atoms with van der Waals surface area (Å²) in [6.07, 6.45) is 8.51. The van der Waals surface area contributed by atoms with E-state index in [1.807, 2.05) is 0 Å². The maximum Gasteiger partial charge on any atom is 0.208 e. The Morgan fingerprint density at radius 1 is 0.308 bits per heavy atom. The average molecular weight is 667 g/mol. The molecule has 52 heavy (non-hydrogen) atoms. The van der Waals surface area contributed by atoms with Crippen LogP contribution >= 0.6 is 0 Å². The molecule has 0 unspecified atom stereocenters. The second-order valence-electron chi connectivity index (χ2n) is 14.3. The van der Waals surface area contributed by atoms with E-state index < -0.39 is 0 Å². The Kier molecular flexibility index (Phi) is 6.60. The van der Waals surface area contributed by atoms with Crippen LogP contribution in [0.5, 0.6) is 0 Å². The van der Waals surface area contributed by atoms with Crippen LogP contribution in [0.4, 0.5) is 0 Å². The molecule has 0 saturated heterocycles. The van der Waals surface area contributed by atoms with Gasteiger partial charge >= 0.3 is 0 Å². The lowest BCUT2D eigenvalue weighted by Gasteiger charge is -2.21. The summed E-state index contributed by atoms with van der Waals surface area (Å²) in [7, 11) is 0. The molecule has 2 heterocycles. The van der Waals surface area contributed by atoms with Gasteiger partial charge in [0, 0.05) is 51.0 Å². The van der Waals surface area contributed by atoms with E-state index in [4.69, 9.17) is 0 Å². The van der Waals surface area contributed by atoms with Crippen LogP contribution in [0.2, 0.25) is 0 Å². The Balaban J connectivity index is 0.723. The summed E-state index contributed by atoms with van der Waals surface area (Å²) in [5, 5.41) is 15.9. The van der Waals surface area contributed by atoms with Gasteiger partial charge < -0.3 is 19.6 Å². The Hall–Kier alpha value is -6.26. The molecular formula is C48H34N4. The van der Waals surface area contributed by atoms with Gasteiger partial charge in [-0.15, -0.1) is 0 Å². The predicted molar refractivity (Wildman–Crippen MR) is 214 cm³/mol.